The normalized spacial score (nSPS) is 13.8. The summed E-state index contributed by atoms with van der Waals surface area (Å²) in [6, 6.07) is 7.94. The van der Waals surface area contributed by atoms with Crippen LogP contribution in [0.5, 0.6) is 5.75 Å². The number of nitrogens with two attached hydrogens (primary N) is 1. The van der Waals surface area contributed by atoms with Crippen molar-refractivity contribution in [1.29, 1.82) is 5.26 Å². The second-order valence-electron chi connectivity index (χ2n) is 4.01. The molecule has 0 radical (unpaired) electrons. The van der Waals surface area contributed by atoms with Crippen LogP contribution in [-0.4, -0.2) is 12.1 Å². The van der Waals surface area contributed by atoms with E-state index >= 15 is 0 Å². The van der Waals surface area contributed by atoms with Gasteiger partial charge in [-0.2, -0.15) is 5.26 Å². The SMILES string of the molecule is CCC(N)Cc1cc(Br)ccc1OC(C)C#N. The molecule has 0 aliphatic carbocycles. The summed E-state index contributed by atoms with van der Waals surface area (Å²) >= 11 is 3.43. The van der Waals surface area contributed by atoms with E-state index in [1.165, 1.54) is 0 Å². The number of ether oxygens (including phenoxy) is 1. The maximum absolute atomic E-state index is 8.76. The fourth-order valence-electron chi connectivity index (χ4n) is 1.47. The van der Waals surface area contributed by atoms with Crippen LogP contribution in [0.1, 0.15) is 25.8 Å². The molecule has 2 atom stereocenters. The minimum Gasteiger partial charge on any atom is -0.476 e. The summed E-state index contributed by atoms with van der Waals surface area (Å²) in [5.41, 5.74) is 6.99. The van der Waals surface area contributed by atoms with E-state index in [0.717, 1.165) is 28.6 Å². The molecule has 1 aromatic rings. The van der Waals surface area contributed by atoms with E-state index in [9.17, 15) is 0 Å². The van der Waals surface area contributed by atoms with Gasteiger partial charge < -0.3 is 10.5 Å². The number of nitrogens with zero attached hydrogens (tertiary/aromatic N) is 1. The fraction of sp³-hybridized carbons (Fsp3) is 0.462. The number of nitriles is 1. The second kappa shape index (κ2) is 6.63. The predicted octanol–water partition coefficient (Wildman–Crippen LogP) is 3.02. The molecule has 0 aliphatic heterocycles. The number of halogens is 1. The van der Waals surface area contributed by atoms with Crippen molar-refractivity contribution in [1.82, 2.24) is 0 Å². The van der Waals surface area contributed by atoms with Crippen LogP contribution in [0.2, 0.25) is 0 Å². The van der Waals surface area contributed by atoms with Crippen molar-refractivity contribution in [3.8, 4) is 11.8 Å². The molecule has 0 fully saturated rings. The first-order valence-electron chi connectivity index (χ1n) is 5.67. The molecule has 0 saturated carbocycles. The molecule has 0 bridgehead atoms. The van der Waals surface area contributed by atoms with Crippen LogP contribution in [0, 0.1) is 11.3 Å². The van der Waals surface area contributed by atoms with Gasteiger partial charge in [0.15, 0.2) is 6.10 Å². The molecule has 0 aromatic heterocycles. The van der Waals surface area contributed by atoms with Crippen LogP contribution in [0.4, 0.5) is 0 Å². The highest BCUT2D eigenvalue weighted by molar-refractivity contribution is 9.10. The first-order valence-corrected chi connectivity index (χ1v) is 6.46. The Hall–Kier alpha value is -1.05. The van der Waals surface area contributed by atoms with Crippen molar-refractivity contribution in [3.05, 3.63) is 28.2 Å². The summed E-state index contributed by atoms with van der Waals surface area (Å²) in [6.07, 6.45) is 1.22. The van der Waals surface area contributed by atoms with Crippen LogP contribution in [0.3, 0.4) is 0 Å². The fourth-order valence-corrected chi connectivity index (χ4v) is 1.87. The zero-order valence-electron chi connectivity index (χ0n) is 10.1. The molecule has 17 heavy (non-hydrogen) atoms. The Balaban J connectivity index is 2.92. The van der Waals surface area contributed by atoms with Crippen LogP contribution < -0.4 is 10.5 Å². The predicted molar refractivity (Wildman–Crippen MR) is 71.8 cm³/mol. The topological polar surface area (TPSA) is 59.0 Å². The van der Waals surface area contributed by atoms with Gasteiger partial charge in [-0.25, -0.2) is 0 Å². The quantitative estimate of drug-likeness (QED) is 0.908. The second-order valence-corrected chi connectivity index (χ2v) is 4.93. The van der Waals surface area contributed by atoms with Crippen LogP contribution in [0.15, 0.2) is 22.7 Å². The Morgan fingerprint density at radius 1 is 1.53 bits per heavy atom. The van der Waals surface area contributed by atoms with Gasteiger partial charge in [-0.3, -0.25) is 0 Å². The lowest BCUT2D eigenvalue weighted by molar-refractivity contribution is 0.273. The van der Waals surface area contributed by atoms with Gasteiger partial charge in [0.1, 0.15) is 11.8 Å². The van der Waals surface area contributed by atoms with E-state index in [2.05, 4.69) is 28.9 Å². The highest BCUT2D eigenvalue weighted by atomic mass is 79.9. The lowest BCUT2D eigenvalue weighted by Gasteiger charge is -2.15. The molecule has 0 spiro atoms. The molecular formula is C13H17BrN2O. The molecule has 2 N–H and O–H groups in total. The molecule has 92 valence electrons. The molecular weight excluding hydrogens is 280 g/mol. The number of hydrogen-bond acceptors (Lipinski definition) is 3. The van der Waals surface area contributed by atoms with Gasteiger partial charge in [0.2, 0.25) is 0 Å². The minimum atomic E-state index is -0.451. The summed E-state index contributed by atoms with van der Waals surface area (Å²) in [6.45, 7) is 3.78. The Morgan fingerprint density at radius 3 is 2.82 bits per heavy atom. The molecule has 0 heterocycles. The highest BCUT2D eigenvalue weighted by Gasteiger charge is 2.11. The van der Waals surface area contributed by atoms with Gasteiger partial charge in [0, 0.05) is 10.5 Å². The summed E-state index contributed by atoms with van der Waals surface area (Å²) in [5, 5.41) is 8.76. The van der Waals surface area contributed by atoms with Gasteiger partial charge in [-0.1, -0.05) is 22.9 Å². The Kier molecular flexibility index (Phi) is 5.46. The summed E-state index contributed by atoms with van der Waals surface area (Å²) in [5.74, 6) is 0.742. The lowest BCUT2D eigenvalue weighted by Crippen LogP contribution is -2.22. The lowest BCUT2D eigenvalue weighted by atomic mass is 10.0. The smallest absolute Gasteiger partial charge is 0.181 e. The third kappa shape index (κ3) is 4.37. The third-order valence-corrected chi connectivity index (χ3v) is 3.01. The average molecular weight is 297 g/mol. The van der Waals surface area contributed by atoms with E-state index in [0.29, 0.717) is 0 Å². The van der Waals surface area contributed by atoms with Crippen molar-refractivity contribution in [2.24, 2.45) is 5.73 Å². The Bertz CT molecular complexity index is 414. The molecule has 1 rings (SSSR count). The van der Waals surface area contributed by atoms with E-state index in [1.54, 1.807) is 6.92 Å². The molecule has 0 saturated heterocycles. The van der Waals surface area contributed by atoms with E-state index in [4.69, 9.17) is 15.7 Å². The Morgan fingerprint density at radius 2 is 2.24 bits per heavy atom. The number of benzene rings is 1. The van der Waals surface area contributed by atoms with Gasteiger partial charge in [-0.05, 0) is 43.5 Å². The van der Waals surface area contributed by atoms with E-state index < -0.39 is 6.10 Å². The van der Waals surface area contributed by atoms with Crippen molar-refractivity contribution in [2.75, 3.05) is 0 Å². The number of hydrogen-bond donors (Lipinski definition) is 1. The first-order chi connectivity index (χ1) is 8.06. The molecule has 0 amide bonds. The van der Waals surface area contributed by atoms with Gasteiger partial charge >= 0.3 is 0 Å². The van der Waals surface area contributed by atoms with Gasteiger partial charge in [0.05, 0.1) is 0 Å². The largest absolute Gasteiger partial charge is 0.476 e. The average Bonchev–Trinajstić information content (AvgIpc) is 2.32. The third-order valence-electron chi connectivity index (χ3n) is 2.51. The minimum absolute atomic E-state index is 0.115. The van der Waals surface area contributed by atoms with Crippen LogP contribution in [0.25, 0.3) is 0 Å². The van der Waals surface area contributed by atoms with Crippen LogP contribution in [-0.2, 0) is 6.42 Å². The van der Waals surface area contributed by atoms with E-state index in [1.807, 2.05) is 18.2 Å². The number of rotatable bonds is 5. The zero-order chi connectivity index (χ0) is 12.8. The van der Waals surface area contributed by atoms with E-state index in [-0.39, 0.29) is 6.04 Å². The standard InChI is InChI=1S/C13H17BrN2O/c1-3-12(16)7-10-6-11(14)4-5-13(10)17-9(2)8-15/h4-6,9,12H,3,7,16H2,1-2H3. The molecule has 0 aliphatic rings. The maximum Gasteiger partial charge on any atom is 0.181 e. The van der Waals surface area contributed by atoms with Crippen molar-refractivity contribution >= 4 is 15.9 Å². The highest BCUT2D eigenvalue weighted by Crippen LogP contribution is 2.25. The maximum atomic E-state index is 8.76. The van der Waals surface area contributed by atoms with Crippen molar-refractivity contribution in [3.63, 3.8) is 0 Å². The van der Waals surface area contributed by atoms with Crippen molar-refractivity contribution in [2.45, 2.75) is 38.8 Å². The van der Waals surface area contributed by atoms with Crippen molar-refractivity contribution < 1.29 is 4.74 Å². The summed E-state index contributed by atoms with van der Waals surface area (Å²) in [4.78, 5) is 0. The summed E-state index contributed by atoms with van der Waals surface area (Å²) < 4.78 is 6.55. The van der Waals surface area contributed by atoms with Crippen LogP contribution >= 0.6 is 15.9 Å². The monoisotopic (exact) mass is 296 g/mol. The zero-order valence-corrected chi connectivity index (χ0v) is 11.7. The summed E-state index contributed by atoms with van der Waals surface area (Å²) in [7, 11) is 0. The van der Waals surface area contributed by atoms with Gasteiger partial charge in [0.25, 0.3) is 0 Å². The molecule has 1 aromatic carbocycles. The molecule has 3 nitrogen and oxygen atoms in total. The first kappa shape index (κ1) is 14.0. The molecule has 2 unspecified atom stereocenters. The Labute approximate surface area is 111 Å². The van der Waals surface area contributed by atoms with Gasteiger partial charge in [-0.15, -0.1) is 0 Å². The molecule has 4 heteroatoms.